The summed E-state index contributed by atoms with van der Waals surface area (Å²) in [4.78, 5) is 2.25. The lowest BCUT2D eigenvalue weighted by atomic mass is 10.2. The van der Waals surface area contributed by atoms with Gasteiger partial charge in [0, 0.05) is 29.9 Å². The molecule has 0 amide bonds. The highest BCUT2D eigenvalue weighted by Gasteiger charge is 2.06. The van der Waals surface area contributed by atoms with Crippen LogP contribution in [-0.4, -0.2) is 31.4 Å². The van der Waals surface area contributed by atoms with E-state index in [0.717, 1.165) is 42.0 Å². The van der Waals surface area contributed by atoms with E-state index in [1.165, 1.54) is 0 Å². The van der Waals surface area contributed by atoms with Crippen molar-refractivity contribution in [2.45, 2.75) is 20.5 Å². The molecule has 0 aliphatic carbocycles. The van der Waals surface area contributed by atoms with Gasteiger partial charge in [0.15, 0.2) is 0 Å². The molecule has 0 fully saturated rings. The highest BCUT2D eigenvalue weighted by atomic mass is 79.9. The molecular formula is C13H20BrNO2. The third-order valence-corrected chi connectivity index (χ3v) is 3.40. The van der Waals surface area contributed by atoms with Crippen LogP contribution < -0.4 is 4.90 Å². The number of likely N-dealkylation sites (N-methyl/N-ethyl adjacent to an activating group) is 1. The fourth-order valence-corrected chi connectivity index (χ4v) is 2.14. The van der Waals surface area contributed by atoms with Gasteiger partial charge in [-0.05, 0) is 31.5 Å². The predicted molar refractivity (Wildman–Crippen MR) is 74.4 cm³/mol. The van der Waals surface area contributed by atoms with Gasteiger partial charge in [-0.1, -0.05) is 22.0 Å². The molecule has 0 heterocycles. The van der Waals surface area contributed by atoms with E-state index in [0.29, 0.717) is 0 Å². The Morgan fingerprint density at radius 2 is 2.12 bits per heavy atom. The number of benzene rings is 1. The van der Waals surface area contributed by atoms with Gasteiger partial charge in [-0.25, -0.2) is 0 Å². The molecule has 0 unspecified atom stereocenters. The summed E-state index contributed by atoms with van der Waals surface area (Å²) in [5.74, 6) is 0. The Kier molecular flexibility index (Phi) is 6.55. The van der Waals surface area contributed by atoms with E-state index in [9.17, 15) is 0 Å². The van der Waals surface area contributed by atoms with Crippen LogP contribution in [0, 0.1) is 0 Å². The molecule has 96 valence electrons. The van der Waals surface area contributed by atoms with Gasteiger partial charge >= 0.3 is 0 Å². The Balaban J connectivity index is 2.71. The van der Waals surface area contributed by atoms with Gasteiger partial charge in [0.25, 0.3) is 0 Å². The zero-order chi connectivity index (χ0) is 12.7. The fourth-order valence-electron chi connectivity index (χ4n) is 1.65. The molecule has 0 radical (unpaired) electrons. The Hall–Kier alpha value is -0.580. The van der Waals surface area contributed by atoms with Gasteiger partial charge in [0.2, 0.25) is 0 Å². The number of anilines is 1. The predicted octanol–water partition coefficient (Wildman–Crippen LogP) is 2.80. The lowest BCUT2D eigenvalue weighted by molar-refractivity contribution is 0.154. The third-order valence-electron chi connectivity index (χ3n) is 2.66. The highest BCUT2D eigenvalue weighted by molar-refractivity contribution is 9.10. The first-order valence-corrected chi connectivity index (χ1v) is 6.74. The first-order chi connectivity index (χ1) is 8.22. The molecule has 0 aliphatic heterocycles. The van der Waals surface area contributed by atoms with Gasteiger partial charge in [0.1, 0.15) is 0 Å². The summed E-state index contributed by atoms with van der Waals surface area (Å²) in [6, 6.07) is 6.02. The second-order valence-electron chi connectivity index (χ2n) is 3.71. The van der Waals surface area contributed by atoms with E-state index in [4.69, 9.17) is 9.84 Å². The van der Waals surface area contributed by atoms with Crippen molar-refractivity contribution in [2.75, 3.05) is 31.2 Å². The molecule has 1 rings (SSSR count). The molecule has 0 spiro atoms. The van der Waals surface area contributed by atoms with Gasteiger partial charge in [-0.2, -0.15) is 0 Å². The minimum Gasteiger partial charge on any atom is -0.392 e. The maximum absolute atomic E-state index is 9.11. The number of nitrogens with zero attached hydrogens (tertiary/aromatic N) is 1. The van der Waals surface area contributed by atoms with E-state index < -0.39 is 0 Å². The number of ether oxygens (including phenoxy) is 1. The molecule has 0 bridgehead atoms. The van der Waals surface area contributed by atoms with Crippen LogP contribution in [-0.2, 0) is 11.3 Å². The van der Waals surface area contributed by atoms with E-state index in [-0.39, 0.29) is 6.61 Å². The number of hydrogen-bond donors (Lipinski definition) is 1. The minimum atomic E-state index is 0.0614. The van der Waals surface area contributed by atoms with Crippen molar-refractivity contribution in [3.8, 4) is 0 Å². The Morgan fingerprint density at radius 3 is 2.65 bits per heavy atom. The van der Waals surface area contributed by atoms with Crippen LogP contribution in [0.2, 0.25) is 0 Å². The zero-order valence-corrected chi connectivity index (χ0v) is 12.0. The van der Waals surface area contributed by atoms with Crippen molar-refractivity contribution in [1.82, 2.24) is 0 Å². The Morgan fingerprint density at radius 1 is 1.35 bits per heavy atom. The molecule has 0 atom stereocenters. The van der Waals surface area contributed by atoms with Gasteiger partial charge in [0.05, 0.1) is 13.2 Å². The smallest absolute Gasteiger partial charge is 0.0692 e. The summed E-state index contributed by atoms with van der Waals surface area (Å²) in [7, 11) is 0. The average Bonchev–Trinajstić information content (AvgIpc) is 2.35. The maximum Gasteiger partial charge on any atom is 0.0692 e. The Bertz CT molecular complexity index is 344. The van der Waals surface area contributed by atoms with Crippen LogP contribution in [0.15, 0.2) is 22.7 Å². The lowest BCUT2D eigenvalue weighted by Gasteiger charge is -2.23. The molecule has 3 nitrogen and oxygen atoms in total. The summed E-state index contributed by atoms with van der Waals surface area (Å²) in [6.07, 6.45) is 0. The van der Waals surface area contributed by atoms with Gasteiger partial charge in [-0.3, -0.25) is 0 Å². The molecule has 0 saturated heterocycles. The minimum absolute atomic E-state index is 0.0614. The number of aliphatic hydroxyl groups excluding tert-OH is 1. The van der Waals surface area contributed by atoms with Crippen LogP contribution in [0.4, 0.5) is 5.69 Å². The summed E-state index contributed by atoms with van der Waals surface area (Å²) in [5, 5.41) is 9.11. The summed E-state index contributed by atoms with van der Waals surface area (Å²) in [5.41, 5.74) is 2.06. The van der Waals surface area contributed by atoms with E-state index >= 15 is 0 Å². The molecule has 1 N–H and O–H groups in total. The topological polar surface area (TPSA) is 32.7 Å². The first kappa shape index (κ1) is 14.5. The van der Waals surface area contributed by atoms with E-state index in [2.05, 4.69) is 27.8 Å². The number of halogens is 1. The molecule has 0 saturated carbocycles. The lowest BCUT2D eigenvalue weighted by Crippen LogP contribution is -2.27. The SMILES string of the molecule is CCOCCN(CC)c1ccc(CO)c(Br)c1. The first-order valence-electron chi connectivity index (χ1n) is 5.94. The number of aliphatic hydroxyl groups is 1. The van der Waals surface area contributed by atoms with Crippen LogP contribution in [0.3, 0.4) is 0 Å². The Labute approximate surface area is 112 Å². The van der Waals surface area contributed by atoms with Crippen molar-refractivity contribution in [3.05, 3.63) is 28.2 Å². The quantitative estimate of drug-likeness (QED) is 0.786. The third kappa shape index (κ3) is 4.30. The number of hydrogen-bond acceptors (Lipinski definition) is 3. The van der Waals surface area contributed by atoms with Crippen LogP contribution in [0.25, 0.3) is 0 Å². The standard InChI is InChI=1S/C13H20BrNO2/c1-3-15(7-8-17-4-2)12-6-5-11(10-16)13(14)9-12/h5-6,9,16H,3-4,7-8,10H2,1-2H3. The molecular weight excluding hydrogens is 282 g/mol. The monoisotopic (exact) mass is 301 g/mol. The molecule has 1 aromatic carbocycles. The summed E-state index contributed by atoms with van der Waals surface area (Å²) < 4.78 is 6.32. The fraction of sp³-hybridized carbons (Fsp3) is 0.538. The largest absolute Gasteiger partial charge is 0.392 e. The normalized spacial score (nSPS) is 10.6. The van der Waals surface area contributed by atoms with Crippen LogP contribution in [0.1, 0.15) is 19.4 Å². The second-order valence-corrected chi connectivity index (χ2v) is 4.56. The molecule has 17 heavy (non-hydrogen) atoms. The second kappa shape index (κ2) is 7.69. The molecule has 0 aliphatic rings. The van der Waals surface area contributed by atoms with Crippen LogP contribution in [0.5, 0.6) is 0 Å². The molecule has 4 heteroatoms. The van der Waals surface area contributed by atoms with E-state index in [1.807, 2.05) is 25.1 Å². The van der Waals surface area contributed by atoms with Crippen molar-refractivity contribution < 1.29 is 9.84 Å². The highest BCUT2D eigenvalue weighted by Crippen LogP contribution is 2.24. The summed E-state index contributed by atoms with van der Waals surface area (Å²) in [6.45, 7) is 7.51. The van der Waals surface area contributed by atoms with Crippen molar-refractivity contribution in [1.29, 1.82) is 0 Å². The van der Waals surface area contributed by atoms with Crippen molar-refractivity contribution in [2.24, 2.45) is 0 Å². The van der Waals surface area contributed by atoms with Crippen LogP contribution >= 0.6 is 15.9 Å². The molecule has 0 aromatic heterocycles. The zero-order valence-electron chi connectivity index (χ0n) is 10.4. The van der Waals surface area contributed by atoms with Crippen molar-refractivity contribution in [3.63, 3.8) is 0 Å². The van der Waals surface area contributed by atoms with Gasteiger partial charge in [-0.15, -0.1) is 0 Å². The maximum atomic E-state index is 9.11. The molecule has 1 aromatic rings. The van der Waals surface area contributed by atoms with Crippen molar-refractivity contribution >= 4 is 21.6 Å². The number of rotatable bonds is 7. The summed E-state index contributed by atoms with van der Waals surface area (Å²) >= 11 is 3.47. The van der Waals surface area contributed by atoms with E-state index in [1.54, 1.807) is 0 Å². The van der Waals surface area contributed by atoms with Gasteiger partial charge < -0.3 is 14.7 Å². The average molecular weight is 302 g/mol.